The largest absolute Gasteiger partial charge is 0.507 e. The number of aliphatic carboxylic acids is 1. The predicted octanol–water partition coefficient (Wildman–Crippen LogP) is 3.54. The van der Waals surface area contributed by atoms with Gasteiger partial charge in [0.2, 0.25) is 0 Å². The summed E-state index contributed by atoms with van der Waals surface area (Å²) in [7, 11) is 0. The average Bonchev–Trinajstić information content (AvgIpc) is 2.91. The number of aliphatic hydroxyl groups excluding tert-OH is 1. The molecule has 6 nitrogen and oxygen atoms in total. The number of likely N-dealkylation sites (tertiary alicyclic amines) is 1. The second kappa shape index (κ2) is 7.86. The molecule has 28 heavy (non-hydrogen) atoms. The van der Waals surface area contributed by atoms with E-state index in [0.717, 1.165) is 5.56 Å². The van der Waals surface area contributed by atoms with Gasteiger partial charge in [0.15, 0.2) is 0 Å². The highest BCUT2D eigenvalue weighted by Gasteiger charge is 2.45. The maximum atomic E-state index is 12.7. The molecule has 1 aliphatic heterocycles. The highest BCUT2D eigenvalue weighted by atomic mass is 35.5. The molecule has 2 N–H and O–H groups in total. The molecule has 7 heteroatoms. The van der Waals surface area contributed by atoms with Gasteiger partial charge < -0.3 is 15.1 Å². The van der Waals surface area contributed by atoms with Crippen LogP contribution < -0.4 is 0 Å². The quantitative estimate of drug-likeness (QED) is 0.455. The summed E-state index contributed by atoms with van der Waals surface area (Å²) < 4.78 is 0. The second-order valence-corrected chi connectivity index (χ2v) is 6.99. The van der Waals surface area contributed by atoms with Crippen LogP contribution in [0.4, 0.5) is 0 Å². The Morgan fingerprint density at radius 3 is 2.21 bits per heavy atom. The highest BCUT2D eigenvalue weighted by molar-refractivity contribution is 6.46. The number of amides is 1. The SMILES string of the molecule is Cc1ccc(C2/C(=C(\O)c3ccc(Cl)cc3)C(=O)C(=O)N2CCC(=O)O)cc1. The molecule has 0 aliphatic carbocycles. The van der Waals surface area contributed by atoms with E-state index in [1.54, 1.807) is 36.4 Å². The van der Waals surface area contributed by atoms with Gasteiger partial charge in [0.05, 0.1) is 18.0 Å². The molecule has 1 atom stereocenters. The Hall–Kier alpha value is -3.12. The van der Waals surface area contributed by atoms with Gasteiger partial charge in [-0.15, -0.1) is 0 Å². The summed E-state index contributed by atoms with van der Waals surface area (Å²) in [4.78, 5) is 37.5. The molecule has 1 saturated heterocycles. The number of carboxylic acids is 1. The van der Waals surface area contributed by atoms with Crippen LogP contribution in [0.3, 0.4) is 0 Å². The van der Waals surface area contributed by atoms with Crippen LogP contribution >= 0.6 is 11.6 Å². The molecule has 1 heterocycles. The van der Waals surface area contributed by atoms with Gasteiger partial charge in [-0.05, 0) is 36.8 Å². The minimum atomic E-state index is -1.08. The number of carbonyl (C=O) groups excluding carboxylic acids is 2. The van der Waals surface area contributed by atoms with Crippen molar-refractivity contribution in [1.29, 1.82) is 0 Å². The van der Waals surface area contributed by atoms with E-state index in [1.165, 1.54) is 4.90 Å². The van der Waals surface area contributed by atoms with Crippen LogP contribution in [0.5, 0.6) is 0 Å². The topological polar surface area (TPSA) is 94.9 Å². The van der Waals surface area contributed by atoms with Crippen molar-refractivity contribution in [1.82, 2.24) is 4.90 Å². The number of carbonyl (C=O) groups is 3. The van der Waals surface area contributed by atoms with E-state index in [1.807, 2.05) is 19.1 Å². The van der Waals surface area contributed by atoms with E-state index in [4.69, 9.17) is 16.7 Å². The molecule has 0 bridgehead atoms. The molecule has 144 valence electrons. The molecule has 3 rings (SSSR count). The van der Waals surface area contributed by atoms with Gasteiger partial charge in [0, 0.05) is 17.1 Å². The van der Waals surface area contributed by atoms with Gasteiger partial charge in [0.25, 0.3) is 11.7 Å². The van der Waals surface area contributed by atoms with Crippen LogP contribution in [0.1, 0.15) is 29.2 Å². The van der Waals surface area contributed by atoms with Crippen molar-refractivity contribution in [2.45, 2.75) is 19.4 Å². The number of aryl methyl sites for hydroxylation is 1. The highest BCUT2D eigenvalue weighted by Crippen LogP contribution is 2.39. The Bertz CT molecular complexity index is 963. The molecular weight excluding hydrogens is 382 g/mol. The lowest BCUT2D eigenvalue weighted by Gasteiger charge is -2.24. The zero-order valence-corrected chi connectivity index (χ0v) is 15.8. The summed E-state index contributed by atoms with van der Waals surface area (Å²) in [6.45, 7) is 1.76. The van der Waals surface area contributed by atoms with Gasteiger partial charge in [-0.25, -0.2) is 0 Å². The third-order valence-corrected chi connectivity index (χ3v) is 4.87. The molecule has 0 spiro atoms. The van der Waals surface area contributed by atoms with Crippen molar-refractivity contribution in [2.24, 2.45) is 0 Å². The van der Waals surface area contributed by atoms with Gasteiger partial charge >= 0.3 is 5.97 Å². The van der Waals surface area contributed by atoms with E-state index in [0.29, 0.717) is 16.1 Å². The Labute approximate surface area is 166 Å². The fourth-order valence-corrected chi connectivity index (χ4v) is 3.31. The van der Waals surface area contributed by atoms with E-state index < -0.39 is 23.7 Å². The molecule has 1 aliphatic rings. The Morgan fingerprint density at radius 1 is 1.04 bits per heavy atom. The smallest absolute Gasteiger partial charge is 0.305 e. The second-order valence-electron chi connectivity index (χ2n) is 6.55. The fourth-order valence-electron chi connectivity index (χ4n) is 3.19. The number of halogens is 1. The fraction of sp³-hybridized carbons (Fsp3) is 0.190. The molecule has 0 saturated carbocycles. The number of hydrogen-bond acceptors (Lipinski definition) is 4. The minimum Gasteiger partial charge on any atom is -0.507 e. The summed E-state index contributed by atoms with van der Waals surface area (Å²) in [6.07, 6.45) is -0.309. The Balaban J connectivity index is 2.14. The van der Waals surface area contributed by atoms with E-state index in [9.17, 15) is 19.5 Å². The zero-order chi connectivity index (χ0) is 20.4. The number of carboxylic acid groups (broad SMARTS) is 1. The average molecular weight is 400 g/mol. The maximum Gasteiger partial charge on any atom is 0.305 e. The van der Waals surface area contributed by atoms with Crippen molar-refractivity contribution in [2.75, 3.05) is 6.54 Å². The molecule has 1 amide bonds. The molecule has 2 aromatic carbocycles. The maximum absolute atomic E-state index is 12.7. The van der Waals surface area contributed by atoms with Crippen LogP contribution in [0, 0.1) is 6.92 Å². The van der Waals surface area contributed by atoms with Crippen LogP contribution in [0.15, 0.2) is 54.1 Å². The first kappa shape index (κ1) is 19.6. The first-order chi connectivity index (χ1) is 13.3. The third-order valence-electron chi connectivity index (χ3n) is 4.62. The Morgan fingerprint density at radius 2 is 1.64 bits per heavy atom. The van der Waals surface area contributed by atoms with Crippen LogP contribution in [0.2, 0.25) is 5.02 Å². The molecule has 0 radical (unpaired) electrons. The standard InChI is InChI=1S/C21H18ClNO5/c1-12-2-4-13(5-3-12)18-17(19(26)14-6-8-15(22)9-7-14)20(27)21(28)23(18)11-10-16(24)25/h2-9,18,26H,10-11H2,1H3,(H,24,25)/b19-17+. The minimum absolute atomic E-state index is 0.0680. The van der Waals surface area contributed by atoms with E-state index in [2.05, 4.69) is 0 Å². The number of hydrogen-bond donors (Lipinski definition) is 2. The van der Waals surface area contributed by atoms with Crippen molar-refractivity contribution in [3.05, 3.63) is 75.8 Å². The van der Waals surface area contributed by atoms with Crippen molar-refractivity contribution < 1.29 is 24.6 Å². The van der Waals surface area contributed by atoms with Crippen LogP contribution in [0.25, 0.3) is 5.76 Å². The first-order valence-corrected chi connectivity index (χ1v) is 9.00. The lowest BCUT2D eigenvalue weighted by Crippen LogP contribution is -2.31. The number of aliphatic hydroxyl groups is 1. The van der Waals surface area contributed by atoms with Crippen molar-refractivity contribution >= 4 is 35.0 Å². The molecular formula is C21H18ClNO5. The molecule has 2 aromatic rings. The van der Waals surface area contributed by atoms with Crippen molar-refractivity contribution in [3.8, 4) is 0 Å². The number of ketones is 1. The van der Waals surface area contributed by atoms with E-state index in [-0.39, 0.29) is 24.3 Å². The van der Waals surface area contributed by atoms with Crippen LogP contribution in [-0.2, 0) is 14.4 Å². The molecule has 1 fully saturated rings. The van der Waals surface area contributed by atoms with Gasteiger partial charge in [-0.3, -0.25) is 14.4 Å². The lowest BCUT2D eigenvalue weighted by atomic mass is 9.94. The number of nitrogens with zero attached hydrogens (tertiary/aromatic N) is 1. The summed E-state index contributed by atoms with van der Waals surface area (Å²) in [6, 6.07) is 12.5. The first-order valence-electron chi connectivity index (χ1n) is 8.62. The zero-order valence-electron chi connectivity index (χ0n) is 15.1. The van der Waals surface area contributed by atoms with E-state index >= 15 is 0 Å². The summed E-state index contributed by atoms with van der Waals surface area (Å²) >= 11 is 5.88. The van der Waals surface area contributed by atoms with Crippen LogP contribution in [-0.4, -0.2) is 39.3 Å². The predicted molar refractivity (Wildman–Crippen MR) is 104 cm³/mol. The van der Waals surface area contributed by atoms with Gasteiger partial charge in [-0.1, -0.05) is 41.4 Å². The number of rotatable bonds is 5. The third kappa shape index (κ3) is 3.77. The number of Topliss-reactive ketones (excluding diaryl/α,β-unsaturated/α-hetero) is 1. The van der Waals surface area contributed by atoms with Gasteiger partial charge in [-0.2, -0.15) is 0 Å². The summed E-state index contributed by atoms with van der Waals surface area (Å²) in [5.74, 6) is -3.08. The summed E-state index contributed by atoms with van der Waals surface area (Å²) in [5, 5.41) is 20.3. The number of benzene rings is 2. The molecule has 0 aromatic heterocycles. The molecule has 1 unspecified atom stereocenters. The monoisotopic (exact) mass is 399 g/mol. The summed E-state index contributed by atoms with van der Waals surface area (Å²) in [5.41, 5.74) is 1.88. The van der Waals surface area contributed by atoms with Gasteiger partial charge in [0.1, 0.15) is 5.76 Å². The lowest BCUT2D eigenvalue weighted by molar-refractivity contribution is -0.142. The Kier molecular flexibility index (Phi) is 5.51. The van der Waals surface area contributed by atoms with Crippen molar-refractivity contribution in [3.63, 3.8) is 0 Å². The normalized spacial score (nSPS) is 18.5.